The van der Waals surface area contributed by atoms with E-state index in [1.54, 1.807) is 7.11 Å². The van der Waals surface area contributed by atoms with Crippen LogP contribution in [-0.4, -0.2) is 32.2 Å². The molecule has 0 aromatic heterocycles. The van der Waals surface area contributed by atoms with Crippen LogP contribution in [0.5, 0.6) is 0 Å². The number of aryl methyl sites for hydroxylation is 1. The van der Waals surface area contributed by atoms with E-state index < -0.39 is 0 Å². The number of rotatable bonds is 8. The molecule has 1 aromatic carbocycles. The molecular formula is C15H24N2O2. The summed E-state index contributed by atoms with van der Waals surface area (Å²) in [7, 11) is 1.67. The van der Waals surface area contributed by atoms with Gasteiger partial charge in [0.25, 0.3) is 0 Å². The highest BCUT2D eigenvalue weighted by atomic mass is 16.5. The SMILES string of the molecule is CCc1cccc(NC(=O)CCN[C@@H](C)COC)c1. The molecule has 19 heavy (non-hydrogen) atoms. The number of hydrogen-bond acceptors (Lipinski definition) is 3. The van der Waals surface area contributed by atoms with Crippen molar-refractivity contribution in [3.05, 3.63) is 29.8 Å². The normalized spacial score (nSPS) is 12.2. The zero-order valence-corrected chi connectivity index (χ0v) is 12.0. The predicted molar refractivity (Wildman–Crippen MR) is 78.4 cm³/mol. The highest BCUT2D eigenvalue weighted by Gasteiger charge is 2.04. The van der Waals surface area contributed by atoms with Gasteiger partial charge in [0.05, 0.1) is 6.61 Å². The molecule has 0 radical (unpaired) electrons. The second-order valence-corrected chi connectivity index (χ2v) is 4.66. The first-order valence-corrected chi connectivity index (χ1v) is 6.76. The van der Waals surface area contributed by atoms with Gasteiger partial charge in [-0.05, 0) is 31.0 Å². The molecule has 106 valence electrons. The molecule has 0 saturated carbocycles. The lowest BCUT2D eigenvalue weighted by Gasteiger charge is -2.12. The predicted octanol–water partition coefficient (Wildman–Crippen LogP) is 2.20. The summed E-state index contributed by atoms with van der Waals surface area (Å²) in [6.45, 7) is 5.44. The minimum atomic E-state index is 0.0327. The van der Waals surface area contributed by atoms with Crippen LogP contribution >= 0.6 is 0 Å². The van der Waals surface area contributed by atoms with Crippen molar-refractivity contribution in [2.24, 2.45) is 0 Å². The maximum atomic E-state index is 11.8. The minimum absolute atomic E-state index is 0.0327. The van der Waals surface area contributed by atoms with Crippen LogP contribution in [0.3, 0.4) is 0 Å². The van der Waals surface area contributed by atoms with E-state index in [9.17, 15) is 4.79 Å². The average Bonchev–Trinajstić information content (AvgIpc) is 2.39. The Morgan fingerprint density at radius 1 is 1.42 bits per heavy atom. The van der Waals surface area contributed by atoms with Crippen LogP contribution in [0.2, 0.25) is 0 Å². The maximum Gasteiger partial charge on any atom is 0.225 e. The molecule has 4 nitrogen and oxygen atoms in total. The van der Waals surface area contributed by atoms with Crippen molar-refractivity contribution < 1.29 is 9.53 Å². The van der Waals surface area contributed by atoms with Crippen LogP contribution < -0.4 is 10.6 Å². The van der Waals surface area contributed by atoms with Gasteiger partial charge in [0.1, 0.15) is 0 Å². The van der Waals surface area contributed by atoms with Gasteiger partial charge in [0, 0.05) is 31.8 Å². The summed E-state index contributed by atoms with van der Waals surface area (Å²) in [4.78, 5) is 11.8. The summed E-state index contributed by atoms with van der Waals surface area (Å²) in [5.74, 6) is 0.0327. The lowest BCUT2D eigenvalue weighted by molar-refractivity contribution is -0.116. The molecule has 1 amide bonds. The Bertz CT molecular complexity index is 393. The van der Waals surface area contributed by atoms with Gasteiger partial charge < -0.3 is 15.4 Å². The van der Waals surface area contributed by atoms with Crippen molar-refractivity contribution in [2.45, 2.75) is 32.7 Å². The number of benzene rings is 1. The molecule has 0 aliphatic carbocycles. The monoisotopic (exact) mass is 264 g/mol. The van der Waals surface area contributed by atoms with Crippen LogP contribution in [0, 0.1) is 0 Å². The molecule has 2 N–H and O–H groups in total. The highest BCUT2D eigenvalue weighted by molar-refractivity contribution is 5.90. The Balaban J connectivity index is 2.30. The first kappa shape index (κ1) is 15.7. The summed E-state index contributed by atoms with van der Waals surface area (Å²) in [5.41, 5.74) is 2.10. The van der Waals surface area contributed by atoms with Crippen LogP contribution in [0.25, 0.3) is 0 Å². The quantitative estimate of drug-likeness (QED) is 0.757. The van der Waals surface area contributed by atoms with Gasteiger partial charge in [-0.2, -0.15) is 0 Å². The van der Waals surface area contributed by atoms with E-state index in [1.165, 1.54) is 5.56 Å². The van der Waals surface area contributed by atoms with Crippen LogP contribution in [-0.2, 0) is 16.0 Å². The number of anilines is 1. The van der Waals surface area contributed by atoms with Crippen molar-refractivity contribution in [1.29, 1.82) is 0 Å². The average molecular weight is 264 g/mol. The van der Waals surface area contributed by atoms with E-state index in [-0.39, 0.29) is 11.9 Å². The Morgan fingerprint density at radius 3 is 2.89 bits per heavy atom. The smallest absolute Gasteiger partial charge is 0.225 e. The summed E-state index contributed by atoms with van der Waals surface area (Å²) < 4.78 is 5.02. The van der Waals surface area contributed by atoms with Crippen molar-refractivity contribution >= 4 is 11.6 Å². The molecule has 0 aliphatic heterocycles. The molecule has 0 aliphatic rings. The topological polar surface area (TPSA) is 50.4 Å². The number of methoxy groups -OCH3 is 1. The maximum absolute atomic E-state index is 11.8. The molecule has 0 spiro atoms. The molecule has 0 unspecified atom stereocenters. The molecule has 0 heterocycles. The highest BCUT2D eigenvalue weighted by Crippen LogP contribution is 2.11. The van der Waals surface area contributed by atoms with Gasteiger partial charge in [0.2, 0.25) is 5.91 Å². The van der Waals surface area contributed by atoms with Gasteiger partial charge in [-0.3, -0.25) is 4.79 Å². The van der Waals surface area contributed by atoms with E-state index in [4.69, 9.17) is 4.74 Å². The number of carbonyl (C=O) groups excluding carboxylic acids is 1. The van der Waals surface area contributed by atoms with Gasteiger partial charge in [-0.25, -0.2) is 0 Å². The van der Waals surface area contributed by atoms with Gasteiger partial charge in [0.15, 0.2) is 0 Å². The second-order valence-electron chi connectivity index (χ2n) is 4.66. The third-order valence-electron chi connectivity index (χ3n) is 2.88. The Morgan fingerprint density at radius 2 is 2.21 bits per heavy atom. The number of hydrogen-bond donors (Lipinski definition) is 2. The van der Waals surface area contributed by atoms with Gasteiger partial charge in [-0.1, -0.05) is 19.1 Å². The van der Waals surface area contributed by atoms with Crippen LogP contribution in [0.15, 0.2) is 24.3 Å². The molecule has 4 heteroatoms. The number of ether oxygens (including phenoxy) is 1. The van der Waals surface area contributed by atoms with E-state index in [0.717, 1.165) is 12.1 Å². The summed E-state index contributed by atoms with van der Waals surface area (Å²) >= 11 is 0. The Labute approximate surface area is 115 Å². The summed E-state index contributed by atoms with van der Waals surface area (Å²) in [5, 5.41) is 6.15. The van der Waals surface area contributed by atoms with E-state index in [1.807, 2.05) is 25.1 Å². The number of carbonyl (C=O) groups is 1. The largest absolute Gasteiger partial charge is 0.383 e. The number of nitrogens with one attached hydrogen (secondary N) is 2. The molecule has 1 atom stereocenters. The zero-order valence-electron chi connectivity index (χ0n) is 12.0. The zero-order chi connectivity index (χ0) is 14.1. The third kappa shape index (κ3) is 6.36. The van der Waals surface area contributed by atoms with Crippen molar-refractivity contribution in [3.8, 4) is 0 Å². The third-order valence-corrected chi connectivity index (χ3v) is 2.88. The van der Waals surface area contributed by atoms with E-state index >= 15 is 0 Å². The summed E-state index contributed by atoms with van der Waals surface area (Å²) in [6, 6.07) is 8.22. The lowest BCUT2D eigenvalue weighted by Crippen LogP contribution is -2.32. The Hall–Kier alpha value is -1.39. The summed E-state index contributed by atoms with van der Waals surface area (Å²) in [6.07, 6.45) is 1.43. The Kier molecular flexibility index (Phi) is 7.15. The van der Waals surface area contributed by atoms with Crippen LogP contribution in [0.4, 0.5) is 5.69 Å². The minimum Gasteiger partial charge on any atom is -0.383 e. The first-order valence-electron chi connectivity index (χ1n) is 6.76. The molecule has 0 bridgehead atoms. The van der Waals surface area contributed by atoms with Gasteiger partial charge >= 0.3 is 0 Å². The van der Waals surface area contributed by atoms with Crippen molar-refractivity contribution in [1.82, 2.24) is 5.32 Å². The standard InChI is InChI=1S/C15H24N2O2/c1-4-13-6-5-7-14(10-13)17-15(18)8-9-16-12(2)11-19-3/h5-7,10,12,16H,4,8-9,11H2,1-3H3,(H,17,18)/t12-/m0/s1. The molecule has 1 rings (SSSR count). The molecular weight excluding hydrogens is 240 g/mol. The van der Waals surface area contributed by atoms with Crippen LogP contribution in [0.1, 0.15) is 25.8 Å². The van der Waals surface area contributed by atoms with E-state index in [0.29, 0.717) is 19.6 Å². The van der Waals surface area contributed by atoms with Crippen molar-refractivity contribution in [3.63, 3.8) is 0 Å². The fraction of sp³-hybridized carbons (Fsp3) is 0.533. The molecule has 0 fully saturated rings. The number of amides is 1. The van der Waals surface area contributed by atoms with E-state index in [2.05, 4.69) is 23.6 Å². The fourth-order valence-electron chi connectivity index (χ4n) is 1.83. The lowest BCUT2D eigenvalue weighted by atomic mass is 10.1. The molecule has 0 saturated heterocycles. The fourth-order valence-corrected chi connectivity index (χ4v) is 1.83. The van der Waals surface area contributed by atoms with Crippen molar-refractivity contribution in [2.75, 3.05) is 25.6 Å². The second kappa shape index (κ2) is 8.67. The molecule has 1 aromatic rings. The first-order chi connectivity index (χ1) is 9.15. The van der Waals surface area contributed by atoms with Gasteiger partial charge in [-0.15, -0.1) is 0 Å².